The molecule has 5 heteroatoms. The third-order valence-corrected chi connectivity index (χ3v) is 3.92. The quantitative estimate of drug-likeness (QED) is 0.814. The minimum atomic E-state index is -0.0690. The molecule has 0 unspecified atom stereocenters. The predicted octanol–water partition coefficient (Wildman–Crippen LogP) is 1.21. The van der Waals surface area contributed by atoms with Crippen molar-refractivity contribution >= 4 is 17.5 Å². The number of likely N-dealkylation sites (tertiary alicyclic amines) is 1. The number of anilines is 1. The molecule has 0 aliphatic carbocycles. The number of hydrogen-bond donors (Lipinski definition) is 0. The van der Waals surface area contributed by atoms with E-state index in [1.165, 1.54) is 0 Å². The van der Waals surface area contributed by atoms with Crippen LogP contribution in [0.15, 0.2) is 18.2 Å². The molecule has 2 amide bonds. The van der Waals surface area contributed by atoms with Crippen LogP contribution >= 0.6 is 0 Å². The molecule has 2 heterocycles. The van der Waals surface area contributed by atoms with E-state index >= 15 is 0 Å². The van der Waals surface area contributed by atoms with Crippen molar-refractivity contribution in [2.45, 2.75) is 19.3 Å². The van der Waals surface area contributed by atoms with E-state index in [0.717, 1.165) is 37.2 Å². The van der Waals surface area contributed by atoms with Crippen LogP contribution in [0.1, 0.15) is 18.4 Å². The number of benzene rings is 1. The summed E-state index contributed by atoms with van der Waals surface area (Å²) >= 11 is 0. The largest absolute Gasteiger partial charge is 0.482 e. The van der Waals surface area contributed by atoms with Gasteiger partial charge in [0.25, 0.3) is 5.91 Å². The number of hydrogen-bond acceptors (Lipinski definition) is 3. The lowest BCUT2D eigenvalue weighted by atomic mass is 10.1. The van der Waals surface area contributed by atoms with Gasteiger partial charge in [0.15, 0.2) is 6.61 Å². The predicted molar refractivity (Wildman–Crippen MR) is 74.9 cm³/mol. The van der Waals surface area contributed by atoms with Crippen molar-refractivity contribution in [3.05, 3.63) is 23.8 Å². The summed E-state index contributed by atoms with van der Waals surface area (Å²) in [5.74, 6) is 0.790. The first-order chi connectivity index (χ1) is 9.65. The summed E-state index contributed by atoms with van der Waals surface area (Å²) in [6.07, 6.45) is 2.58. The minimum absolute atomic E-state index is 0.0690. The maximum absolute atomic E-state index is 12.1. The lowest BCUT2D eigenvalue weighted by Gasteiger charge is -2.26. The van der Waals surface area contributed by atoms with Crippen molar-refractivity contribution in [3.8, 4) is 5.75 Å². The highest BCUT2D eigenvalue weighted by molar-refractivity contribution is 5.97. The molecule has 0 atom stereocenters. The molecule has 5 nitrogen and oxygen atoms in total. The van der Waals surface area contributed by atoms with E-state index in [2.05, 4.69) is 0 Å². The number of carbonyl (C=O) groups excluding carboxylic acids is 2. The van der Waals surface area contributed by atoms with Crippen LogP contribution in [0.3, 0.4) is 0 Å². The number of carbonyl (C=O) groups is 2. The number of ether oxygens (including phenoxy) is 1. The molecule has 0 saturated carbocycles. The topological polar surface area (TPSA) is 49.9 Å². The molecular weight excluding hydrogens is 256 g/mol. The zero-order chi connectivity index (χ0) is 14.1. The Hall–Kier alpha value is -2.04. The number of rotatable bonds is 2. The van der Waals surface area contributed by atoms with Crippen LogP contribution in [0.2, 0.25) is 0 Å². The van der Waals surface area contributed by atoms with Gasteiger partial charge in [0.05, 0.1) is 12.1 Å². The van der Waals surface area contributed by atoms with Crippen molar-refractivity contribution in [1.82, 2.24) is 4.90 Å². The van der Waals surface area contributed by atoms with Crippen molar-refractivity contribution in [2.24, 2.45) is 0 Å². The summed E-state index contributed by atoms with van der Waals surface area (Å²) in [5, 5.41) is 0. The van der Waals surface area contributed by atoms with Crippen molar-refractivity contribution in [1.29, 1.82) is 0 Å². The fourth-order valence-electron chi connectivity index (χ4n) is 2.68. The summed E-state index contributed by atoms with van der Waals surface area (Å²) in [4.78, 5) is 27.3. The minimum Gasteiger partial charge on any atom is -0.482 e. The van der Waals surface area contributed by atoms with Crippen molar-refractivity contribution < 1.29 is 14.3 Å². The van der Waals surface area contributed by atoms with E-state index in [1.54, 1.807) is 11.9 Å². The highest BCUT2D eigenvalue weighted by Gasteiger charge is 2.23. The van der Waals surface area contributed by atoms with Gasteiger partial charge in [0.2, 0.25) is 5.91 Å². The zero-order valence-electron chi connectivity index (χ0n) is 11.6. The molecule has 1 aromatic carbocycles. The van der Waals surface area contributed by atoms with E-state index in [0.29, 0.717) is 12.2 Å². The lowest BCUT2D eigenvalue weighted by Crippen LogP contribution is -2.35. The highest BCUT2D eigenvalue weighted by atomic mass is 16.5. The Bertz CT molecular complexity index is 550. The molecule has 0 spiro atoms. The molecule has 0 bridgehead atoms. The summed E-state index contributed by atoms with van der Waals surface area (Å²) < 4.78 is 5.38. The van der Waals surface area contributed by atoms with Crippen LogP contribution in [0.5, 0.6) is 5.75 Å². The van der Waals surface area contributed by atoms with Crippen LogP contribution in [0, 0.1) is 0 Å². The van der Waals surface area contributed by atoms with Gasteiger partial charge in [0, 0.05) is 20.1 Å². The van der Waals surface area contributed by atoms with Gasteiger partial charge in [-0.1, -0.05) is 6.07 Å². The average molecular weight is 274 g/mol. The second kappa shape index (κ2) is 5.15. The first kappa shape index (κ1) is 13.0. The third kappa shape index (κ3) is 2.35. The summed E-state index contributed by atoms with van der Waals surface area (Å²) in [7, 11) is 1.73. The molecule has 0 aromatic heterocycles. The Labute approximate surface area is 118 Å². The second-order valence-electron chi connectivity index (χ2n) is 5.31. The summed E-state index contributed by atoms with van der Waals surface area (Å²) in [6, 6.07) is 5.61. The second-order valence-corrected chi connectivity index (χ2v) is 5.31. The van der Waals surface area contributed by atoms with Gasteiger partial charge in [-0.05, 0) is 30.5 Å². The fourth-order valence-corrected chi connectivity index (χ4v) is 2.68. The molecule has 1 saturated heterocycles. The molecule has 3 rings (SSSR count). The lowest BCUT2D eigenvalue weighted by molar-refractivity contribution is -0.129. The first-order valence-corrected chi connectivity index (χ1v) is 6.95. The van der Waals surface area contributed by atoms with Gasteiger partial charge in [0.1, 0.15) is 5.75 Å². The van der Waals surface area contributed by atoms with Gasteiger partial charge in [-0.25, -0.2) is 0 Å². The van der Waals surface area contributed by atoms with Gasteiger partial charge in [-0.3, -0.25) is 9.59 Å². The van der Waals surface area contributed by atoms with Gasteiger partial charge < -0.3 is 14.5 Å². The number of nitrogens with zero attached hydrogens (tertiary/aromatic N) is 2. The molecule has 2 aliphatic heterocycles. The maximum atomic E-state index is 12.1. The Morgan fingerprint density at radius 3 is 2.80 bits per heavy atom. The Morgan fingerprint density at radius 1 is 1.30 bits per heavy atom. The normalized spacial score (nSPS) is 17.9. The SMILES string of the molecule is CN1C(=O)COc2ccc(CC(=O)N3CCCC3)cc21. The Morgan fingerprint density at radius 2 is 2.05 bits per heavy atom. The van der Waals surface area contributed by atoms with E-state index in [4.69, 9.17) is 4.74 Å². The molecular formula is C15H18N2O3. The van der Waals surface area contributed by atoms with E-state index in [-0.39, 0.29) is 18.4 Å². The molecule has 0 N–H and O–H groups in total. The maximum Gasteiger partial charge on any atom is 0.264 e. The molecule has 106 valence electrons. The standard InChI is InChI=1S/C15H18N2O3/c1-16-12-8-11(4-5-13(12)20-10-15(16)19)9-14(18)17-6-2-3-7-17/h4-5,8H,2-3,6-7,9-10H2,1H3. The van der Waals surface area contributed by atoms with Crippen molar-refractivity contribution in [2.75, 3.05) is 31.6 Å². The van der Waals surface area contributed by atoms with Crippen LogP contribution < -0.4 is 9.64 Å². The first-order valence-electron chi connectivity index (χ1n) is 6.95. The van der Waals surface area contributed by atoms with Gasteiger partial charge in [-0.2, -0.15) is 0 Å². The van der Waals surface area contributed by atoms with Crippen LogP contribution in [-0.2, 0) is 16.0 Å². The number of amides is 2. The van der Waals surface area contributed by atoms with Crippen molar-refractivity contribution in [3.63, 3.8) is 0 Å². The van der Waals surface area contributed by atoms with E-state index < -0.39 is 0 Å². The van der Waals surface area contributed by atoms with Gasteiger partial charge in [-0.15, -0.1) is 0 Å². The molecule has 2 aliphatic rings. The van der Waals surface area contributed by atoms with Crippen LogP contribution in [0.4, 0.5) is 5.69 Å². The summed E-state index contributed by atoms with van der Waals surface area (Å²) in [5.41, 5.74) is 1.67. The molecule has 20 heavy (non-hydrogen) atoms. The van der Waals surface area contributed by atoms with Crippen LogP contribution in [-0.4, -0.2) is 43.5 Å². The zero-order valence-corrected chi connectivity index (χ0v) is 11.6. The monoisotopic (exact) mass is 274 g/mol. The van der Waals surface area contributed by atoms with E-state index in [1.807, 2.05) is 23.1 Å². The third-order valence-electron chi connectivity index (χ3n) is 3.92. The summed E-state index contributed by atoms with van der Waals surface area (Å²) in [6.45, 7) is 1.81. The van der Waals surface area contributed by atoms with Gasteiger partial charge >= 0.3 is 0 Å². The van der Waals surface area contributed by atoms with Crippen LogP contribution in [0.25, 0.3) is 0 Å². The number of likely N-dealkylation sites (N-methyl/N-ethyl adjacent to an activating group) is 1. The Kier molecular flexibility index (Phi) is 3.34. The average Bonchev–Trinajstić information content (AvgIpc) is 2.98. The molecule has 1 fully saturated rings. The fraction of sp³-hybridized carbons (Fsp3) is 0.467. The smallest absolute Gasteiger partial charge is 0.264 e. The molecule has 0 radical (unpaired) electrons. The Balaban J connectivity index is 1.78. The highest BCUT2D eigenvalue weighted by Crippen LogP contribution is 2.32. The molecule has 1 aromatic rings. The number of fused-ring (bicyclic) bond motifs is 1. The van der Waals surface area contributed by atoms with E-state index in [9.17, 15) is 9.59 Å².